The molecule has 0 spiro atoms. The van der Waals surface area contributed by atoms with Gasteiger partial charge in [-0.1, -0.05) is 0 Å². The molecule has 1 heterocycles. The number of hydrogen-bond acceptors (Lipinski definition) is 4. The van der Waals surface area contributed by atoms with Crippen LogP contribution in [0.15, 0.2) is 30.3 Å². The summed E-state index contributed by atoms with van der Waals surface area (Å²) in [6.45, 7) is 1.07. The van der Waals surface area contributed by atoms with Gasteiger partial charge < -0.3 is 15.9 Å². The van der Waals surface area contributed by atoms with E-state index in [0.29, 0.717) is 6.07 Å². The SMILES string of the molecule is CC(C)(O)c1cc([C@](O)(CN)C(F)(F)F)nc(-c2ccc(F)cc2)c1F. The van der Waals surface area contributed by atoms with E-state index in [-0.39, 0.29) is 5.56 Å². The summed E-state index contributed by atoms with van der Waals surface area (Å²) in [6, 6.07) is 4.82. The van der Waals surface area contributed by atoms with Crippen LogP contribution in [0.3, 0.4) is 0 Å². The van der Waals surface area contributed by atoms with Crippen molar-refractivity contribution in [2.45, 2.75) is 31.2 Å². The fourth-order valence-corrected chi connectivity index (χ4v) is 2.35. The van der Waals surface area contributed by atoms with E-state index >= 15 is 0 Å². The van der Waals surface area contributed by atoms with Crippen LogP contribution in [0.4, 0.5) is 22.0 Å². The summed E-state index contributed by atoms with van der Waals surface area (Å²) in [6.07, 6.45) is -5.19. The van der Waals surface area contributed by atoms with Crippen molar-refractivity contribution < 1.29 is 32.2 Å². The molecule has 26 heavy (non-hydrogen) atoms. The first-order valence-corrected chi connectivity index (χ1v) is 7.50. The molecule has 0 amide bonds. The highest BCUT2D eigenvalue weighted by atomic mass is 19.4. The number of benzene rings is 1. The van der Waals surface area contributed by atoms with Crippen LogP contribution < -0.4 is 5.73 Å². The Kier molecular flexibility index (Phi) is 5.10. The molecule has 2 aromatic rings. The maximum atomic E-state index is 14.8. The number of rotatable bonds is 4. The smallest absolute Gasteiger partial charge is 0.386 e. The number of aliphatic hydroxyl groups is 2. The van der Waals surface area contributed by atoms with E-state index in [1.165, 1.54) is 13.8 Å². The molecule has 0 aliphatic rings. The van der Waals surface area contributed by atoms with Gasteiger partial charge in [-0.25, -0.2) is 13.8 Å². The molecule has 0 aliphatic heterocycles. The van der Waals surface area contributed by atoms with E-state index in [1.54, 1.807) is 0 Å². The van der Waals surface area contributed by atoms with Gasteiger partial charge in [0.15, 0.2) is 5.82 Å². The van der Waals surface area contributed by atoms with Gasteiger partial charge in [0.2, 0.25) is 5.60 Å². The highest BCUT2D eigenvalue weighted by Crippen LogP contribution is 2.40. The first-order valence-electron chi connectivity index (χ1n) is 7.50. The molecular formula is C17H17F5N2O2. The largest absolute Gasteiger partial charge is 0.424 e. The molecule has 0 saturated carbocycles. The Morgan fingerprint density at radius 2 is 1.58 bits per heavy atom. The van der Waals surface area contributed by atoms with Crippen molar-refractivity contribution in [1.82, 2.24) is 4.98 Å². The van der Waals surface area contributed by atoms with Gasteiger partial charge in [0, 0.05) is 17.7 Å². The molecule has 1 atom stereocenters. The van der Waals surface area contributed by atoms with Crippen LogP contribution in [0.1, 0.15) is 25.1 Å². The van der Waals surface area contributed by atoms with Crippen molar-refractivity contribution in [1.29, 1.82) is 0 Å². The normalized spacial score (nSPS) is 15.0. The van der Waals surface area contributed by atoms with Crippen LogP contribution >= 0.6 is 0 Å². The summed E-state index contributed by atoms with van der Waals surface area (Å²) in [4.78, 5) is 3.60. The molecule has 1 aromatic carbocycles. The maximum Gasteiger partial charge on any atom is 0.424 e. The predicted octanol–water partition coefficient (Wildman–Crippen LogP) is 2.96. The van der Waals surface area contributed by atoms with Crippen LogP contribution in [-0.2, 0) is 11.2 Å². The Balaban J connectivity index is 2.83. The Labute approximate surface area is 146 Å². The van der Waals surface area contributed by atoms with Crippen molar-refractivity contribution >= 4 is 0 Å². The lowest BCUT2D eigenvalue weighted by Crippen LogP contribution is -2.49. The molecule has 4 N–H and O–H groups in total. The first kappa shape index (κ1) is 20.2. The van der Waals surface area contributed by atoms with Crippen molar-refractivity contribution in [2.75, 3.05) is 6.54 Å². The van der Waals surface area contributed by atoms with Crippen LogP contribution in [0.2, 0.25) is 0 Å². The molecule has 142 valence electrons. The summed E-state index contributed by atoms with van der Waals surface area (Å²) in [5, 5.41) is 20.2. The Bertz CT molecular complexity index is 801. The van der Waals surface area contributed by atoms with Crippen LogP contribution in [0.5, 0.6) is 0 Å². The molecular weight excluding hydrogens is 359 g/mol. The summed E-state index contributed by atoms with van der Waals surface area (Å²) < 4.78 is 67.9. The standard InChI is InChI=1S/C17H17F5N2O2/c1-15(2,25)11-7-12(16(26,8-23)17(20,21)22)24-14(13(11)19)9-3-5-10(18)6-4-9/h3-7,25-26H,8,23H2,1-2H3/t16-/m1/s1. The molecule has 1 aromatic heterocycles. The fraction of sp³-hybridized carbons (Fsp3) is 0.353. The highest BCUT2D eigenvalue weighted by Gasteiger charge is 2.55. The third kappa shape index (κ3) is 3.55. The predicted molar refractivity (Wildman–Crippen MR) is 83.8 cm³/mol. The molecule has 9 heteroatoms. The van der Waals surface area contributed by atoms with Crippen molar-refractivity contribution in [3.8, 4) is 11.3 Å². The Morgan fingerprint density at radius 1 is 1.04 bits per heavy atom. The van der Waals surface area contributed by atoms with Crippen molar-refractivity contribution in [3.63, 3.8) is 0 Å². The van der Waals surface area contributed by atoms with Gasteiger partial charge >= 0.3 is 6.18 Å². The lowest BCUT2D eigenvalue weighted by molar-refractivity contribution is -0.263. The second-order valence-electron chi connectivity index (χ2n) is 6.35. The third-order valence-corrected chi connectivity index (χ3v) is 3.92. The molecule has 0 aliphatic carbocycles. The van der Waals surface area contributed by atoms with Crippen LogP contribution in [-0.4, -0.2) is 27.9 Å². The monoisotopic (exact) mass is 376 g/mol. The molecule has 0 radical (unpaired) electrons. The van der Waals surface area contributed by atoms with Gasteiger partial charge in [0.1, 0.15) is 11.5 Å². The zero-order valence-electron chi connectivity index (χ0n) is 13.9. The number of nitrogens with zero attached hydrogens (tertiary/aromatic N) is 1. The number of hydrogen-bond donors (Lipinski definition) is 3. The third-order valence-electron chi connectivity index (χ3n) is 3.92. The van der Waals surface area contributed by atoms with Crippen LogP contribution in [0.25, 0.3) is 11.3 Å². The topological polar surface area (TPSA) is 79.4 Å². The van der Waals surface area contributed by atoms with Gasteiger partial charge in [-0.3, -0.25) is 0 Å². The van der Waals surface area contributed by atoms with Crippen molar-refractivity contribution in [3.05, 3.63) is 53.2 Å². The fourth-order valence-electron chi connectivity index (χ4n) is 2.35. The summed E-state index contributed by atoms with van der Waals surface area (Å²) in [5.74, 6) is -1.73. The number of halogens is 5. The second-order valence-corrected chi connectivity index (χ2v) is 6.35. The lowest BCUT2D eigenvalue weighted by atomic mass is 9.90. The number of nitrogens with two attached hydrogens (primary N) is 1. The van der Waals surface area contributed by atoms with Gasteiger partial charge in [-0.05, 0) is 44.2 Å². The zero-order chi connectivity index (χ0) is 19.9. The van der Waals surface area contributed by atoms with Crippen molar-refractivity contribution in [2.24, 2.45) is 5.73 Å². The quantitative estimate of drug-likeness (QED) is 0.717. The minimum absolute atomic E-state index is 0.0298. The molecule has 0 bridgehead atoms. The summed E-state index contributed by atoms with van der Waals surface area (Å²) in [5.41, 5.74) is -2.39. The molecule has 0 unspecified atom stereocenters. The van der Waals surface area contributed by atoms with Gasteiger partial charge in [-0.15, -0.1) is 0 Å². The summed E-state index contributed by atoms with van der Waals surface area (Å²) >= 11 is 0. The summed E-state index contributed by atoms with van der Waals surface area (Å²) in [7, 11) is 0. The average molecular weight is 376 g/mol. The van der Waals surface area contributed by atoms with Gasteiger partial charge in [-0.2, -0.15) is 13.2 Å². The van der Waals surface area contributed by atoms with E-state index in [2.05, 4.69) is 4.98 Å². The van der Waals surface area contributed by atoms with E-state index in [9.17, 15) is 32.2 Å². The molecule has 0 saturated heterocycles. The van der Waals surface area contributed by atoms with Gasteiger partial charge in [0.25, 0.3) is 0 Å². The number of alkyl halides is 3. The number of aromatic nitrogens is 1. The van der Waals surface area contributed by atoms with E-state index < -0.39 is 52.5 Å². The lowest BCUT2D eigenvalue weighted by Gasteiger charge is -2.30. The minimum atomic E-state index is -5.19. The highest BCUT2D eigenvalue weighted by molar-refractivity contribution is 5.62. The average Bonchev–Trinajstić information content (AvgIpc) is 2.53. The Morgan fingerprint density at radius 3 is 2.00 bits per heavy atom. The van der Waals surface area contributed by atoms with E-state index in [1.807, 2.05) is 0 Å². The second kappa shape index (κ2) is 6.57. The minimum Gasteiger partial charge on any atom is -0.386 e. The number of pyridine rings is 1. The molecule has 2 rings (SSSR count). The zero-order valence-corrected chi connectivity index (χ0v) is 13.9. The van der Waals surface area contributed by atoms with Crippen LogP contribution in [0, 0.1) is 11.6 Å². The Hall–Kier alpha value is -2.10. The first-order chi connectivity index (χ1) is 11.8. The maximum absolute atomic E-state index is 14.8. The van der Waals surface area contributed by atoms with E-state index in [0.717, 1.165) is 24.3 Å². The van der Waals surface area contributed by atoms with E-state index in [4.69, 9.17) is 5.73 Å². The molecule has 4 nitrogen and oxygen atoms in total. The molecule has 0 fully saturated rings. The van der Waals surface area contributed by atoms with Gasteiger partial charge in [0.05, 0.1) is 11.3 Å².